The van der Waals surface area contributed by atoms with E-state index >= 15 is 0 Å². The Morgan fingerprint density at radius 3 is 1.36 bits per heavy atom. The molecule has 0 aromatic rings. The molecule has 0 bridgehead atoms. The van der Waals surface area contributed by atoms with E-state index in [9.17, 15) is 0 Å². The average Bonchev–Trinajstić information content (AvgIpc) is 2.06. The lowest BCUT2D eigenvalue weighted by Crippen LogP contribution is -2.14. The minimum atomic E-state index is 0.679. The summed E-state index contributed by atoms with van der Waals surface area (Å²) in [6, 6.07) is 0. The summed E-state index contributed by atoms with van der Waals surface area (Å²) in [7, 11) is 0. The van der Waals surface area contributed by atoms with E-state index in [0.29, 0.717) is 5.41 Å². The van der Waals surface area contributed by atoms with Crippen LogP contribution in [0, 0.1) is 16.2 Å². The van der Waals surface area contributed by atoms with Gasteiger partial charge in [-0.15, -0.1) is 0 Å². The van der Waals surface area contributed by atoms with Gasteiger partial charge in [0.15, 0.2) is 0 Å². The first-order chi connectivity index (χ1) is 6.54. The van der Waals surface area contributed by atoms with Crippen LogP contribution in [0.5, 0.6) is 0 Å². The van der Waals surface area contributed by atoms with Crippen molar-refractivity contribution in [3.05, 3.63) is 0 Å². The molecule has 0 unspecified atom stereocenters. The van der Waals surface area contributed by atoms with E-state index in [2.05, 4.69) is 13.8 Å². The van der Waals surface area contributed by atoms with Crippen molar-refractivity contribution in [2.45, 2.75) is 46.0 Å². The summed E-state index contributed by atoms with van der Waals surface area (Å²) in [5.74, 6) is 0. The van der Waals surface area contributed by atoms with Crippen LogP contribution < -0.4 is 0 Å². The lowest BCUT2D eigenvalue weighted by molar-refractivity contribution is 0.244. The van der Waals surface area contributed by atoms with Gasteiger partial charge in [0, 0.05) is 0 Å². The van der Waals surface area contributed by atoms with Gasteiger partial charge in [0.2, 0.25) is 12.2 Å². The second-order valence-electron chi connectivity index (χ2n) is 3.93. The highest BCUT2D eigenvalue weighted by molar-refractivity contribution is 5.26. The van der Waals surface area contributed by atoms with Gasteiger partial charge in [-0.1, -0.05) is 33.1 Å². The van der Waals surface area contributed by atoms with Gasteiger partial charge < -0.3 is 0 Å². The molecule has 0 spiro atoms. The molecule has 1 aliphatic rings. The summed E-state index contributed by atoms with van der Waals surface area (Å²) in [5.41, 5.74) is 0.679. The normalized spacial score (nSPS) is 17.0. The Labute approximate surface area is 84.7 Å². The molecule has 0 heterocycles. The highest BCUT2D eigenvalue weighted by Crippen LogP contribution is 2.34. The zero-order valence-corrected chi connectivity index (χ0v) is 8.85. The van der Waals surface area contributed by atoms with E-state index in [-0.39, 0.29) is 0 Å². The van der Waals surface area contributed by atoms with Crippen LogP contribution in [-0.2, 0) is 9.59 Å². The van der Waals surface area contributed by atoms with Crippen molar-refractivity contribution in [1.82, 2.24) is 0 Å². The molecule has 14 heavy (non-hydrogen) atoms. The summed E-state index contributed by atoms with van der Waals surface area (Å²) < 4.78 is 0. The van der Waals surface area contributed by atoms with Crippen molar-refractivity contribution < 1.29 is 9.59 Å². The smallest absolute Gasteiger partial charge is 0.222 e. The van der Waals surface area contributed by atoms with E-state index in [4.69, 9.17) is 20.4 Å². The maximum atomic E-state index is 8.35. The molecule has 1 aliphatic carbocycles. The van der Waals surface area contributed by atoms with Crippen LogP contribution in [0.1, 0.15) is 46.0 Å². The maximum Gasteiger partial charge on any atom is 0.231 e. The Bertz CT molecular complexity index is 180. The van der Waals surface area contributed by atoms with Crippen LogP contribution in [0.25, 0.3) is 0 Å². The molecule has 1 saturated carbocycles. The minimum Gasteiger partial charge on any atom is -0.222 e. The number of hydrogen-bond acceptors (Lipinski definition) is 4. The summed E-state index contributed by atoms with van der Waals surface area (Å²) >= 11 is 0. The number of carbonyl (C=O) groups excluding carboxylic acids is 2. The predicted molar refractivity (Wildman–Crippen MR) is 53.7 cm³/mol. The molecule has 0 aliphatic heterocycles. The van der Waals surface area contributed by atoms with Gasteiger partial charge in [-0.25, -0.2) is 20.4 Å². The fraction of sp³-hybridized carbons (Fsp3) is 0.800. The first kappa shape index (κ1) is 15.2. The van der Waals surface area contributed by atoms with Gasteiger partial charge in [0.1, 0.15) is 0 Å². The molecule has 80 valence electrons. The highest BCUT2D eigenvalue weighted by Gasteiger charge is 2.19. The summed E-state index contributed by atoms with van der Waals surface area (Å²) in [4.78, 5) is 16.7. The molecule has 0 radical (unpaired) electrons. The van der Waals surface area contributed by atoms with Crippen LogP contribution in [-0.4, -0.2) is 12.2 Å². The van der Waals surface area contributed by atoms with Crippen LogP contribution in [0.3, 0.4) is 0 Å². The molecule has 1 rings (SSSR count). The van der Waals surface area contributed by atoms with Crippen LogP contribution >= 0.6 is 0 Å². The first-order valence-corrected chi connectivity index (χ1v) is 4.62. The van der Waals surface area contributed by atoms with Crippen molar-refractivity contribution in [3.8, 4) is 0 Å². The van der Waals surface area contributed by atoms with Gasteiger partial charge in [0.05, 0.1) is 0 Å². The molecular weight excluding hydrogens is 180 g/mol. The monoisotopic (exact) mass is 198 g/mol. The fourth-order valence-corrected chi connectivity index (χ4v) is 1.51. The number of isocyanates is 2. The molecule has 0 saturated heterocycles. The molecule has 4 nitrogen and oxygen atoms in total. The summed E-state index contributed by atoms with van der Waals surface area (Å²) in [6.07, 6.45) is 8.81. The Balaban J connectivity index is 0. The molecule has 0 amide bonds. The van der Waals surface area contributed by atoms with Gasteiger partial charge in [-0.3, -0.25) is 0 Å². The summed E-state index contributed by atoms with van der Waals surface area (Å²) in [6.45, 7) is 4.76. The predicted octanol–water partition coefficient (Wildman–Crippen LogP) is 2.78. The van der Waals surface area contributed by atoms with E-state index < -0.39 is 0 Å². The standard InChI is InChI=1S/C8H16.2CHNO/c1-8(2)6-4-3-5-7-8;2*2-1-3/h3-7H2,1-2H3;2*2H. The largest absolute Gasteiger partial charge is 0.231 e. The van der Waals surface area contributed by atoms with Crippen molar-refractivity contribution >= 4 is 12.2 Å². The Kier molecular flexibility index (Phi) is 10.7. The molecule has 1 fully saturated rings. The van der Waals surface area contributed by atoms with Crippen molar-refractivity contribution in [1.29, 1.82) is 10.8 Å². The van der Waals surface area contributed by atoms with E-state index in [1.165, 1.54) is 32.1 Å². The first-order valence-electron chi connectivity index (χ1n) is 4.62. The zero-order valence-electron chi connectivity index (χ0n) is 8.85. The van der Waals surface area contributed by atoms with E-state index in [1.54, 1.807) is 0 Å². The second kappa shape index (κ2) is 9.85. The Morgan fingerprint density at radius 1 is 0.929 bits per heavy atom. The molecular formula is C10H18N2O2. The Morgan fingerprint density at radius 2 is 1.21 bits per heavy atom. The molecule has 0 aromatic heterocycles. The number of nitrogens with one attached hydrogen (secondary N) is 2. The third kappa shape index (κ3) is 13.4. The SMILES string of the molecule is CC1(C)CCCCC1.N=C=O.N=C=O. The number of rotatable bonds is 0. The van der Waals surface area contributed by atoms with E-state index in [0.717, 1.165) is 12.2 Å². The maximum absolute atomic E-state index is 8.35. The van der Waals surface area contributed by atoms with Crippen LogP contribution in [0.15, 0.2) is 0 Å². The second-order valence-corrected chi connectivity index (χ2v) is 3.93. The third-order valence-electron chi connectivity index (χ3n) is 2.21. The third-order valence-corrected chi connectivity index (χ3v) is 2.21. The van der Waals surface area contributed by atoms with Gasteiger partial charge >= 0.3 is 0 Å². The zero-order chi connectivity index (χ0) is 11.4. The highest BCUT2D eigenvalue weighted by atomic mass is 16.1. The van der Waals surface area contributed by atoms with Crippen molar-refractivity contribution in [2.75, 3.05) is 0 Å². The van der Waals surface area contributed by atoms with Crippen LogP contribution in [0.2, 0.25) is 0 Å². The van der Waals surface area contributed by atoms with E-state index in [1.807, 2.05) is 0 Å². The molecule has 0 aromatic carbocycles. The quantitative estimate of drug-likeness (QED) is 0.463. The fourth-order valence-electron chi connectivity index (χ4n) is 1.51. The Hall–Kier alpha value is -1.24. The molecule has 4 heteroatoms. The lowest BCUT2D eigenvalue weighted by atomic mass is 9.78. The van der Waals surface area contributed by atoms with Gasteiger partial charge in [-0.05, 0) is 18.3 Å². The van der Waals surface area contributed by atoms with Crippen LogP contribution in [0.4, 0.5) is 0 Å². The molecule has 0 atom stereocenters. The summed E-state index contributed by atoms with van der Waals surface area (Å²) in [5, 5.41) is 10.8. The van der Waals surface area contributed by atoms with Crippen molar-refractivity contribution in [3.63, 3.8) is 0 Å². The molecule has 2 N–H and O–H groups in total. The number of hydrogen-bond donors (Lipinski definition) is 2. The van der Waals surface area contributed by atoms with Gasteiger partial charge in [0.25, 0.3) is 0 Å². The van der Waals surface area contributed by atoms with Crippen molar-refractivity contribution in [2.24, 2.45) is 5.41 Å². The minimum absolute atomic E-state index is 0.679. The topological polar surface area (TPSA) is 81.8 Å². The van der Waals surface area contributed by atoms with Gasteiger partial charge in [-0.2, -0.15) is 0 Å². The lowest BCUT2D eigenvalue weighted by Gasteiger charge is -2.28. The average molecular weight is 198 g/mol.